The third-order valence-electron chi connectivity index (χ3n) is 4.70. The maximum absolute atomic E-state index is 12.2. The number of aromatic carboxylic acids is 1. The molecule has 0 fully saturated rings. The molecule has 11 heteroatoms. The number of carbonyl (C=O) groups excluding carboxylic acids is 1. The Labute approximate surface area is 184 Å². The predicted molar refractivity (Wildman–Crippen MR) is 115 cm³/mol. The van der Waals surface area contributed by atoms with E-state index < -0.39 is 5.97 Å². The van der Waals surface area contributed by atoms with Crippen LogP contribution in [0.1, 0.15) is 66.2 Å². The third kappa shape index (κ3) is 6.20. The predicted octanol–water partition coefficient (Wildman–Crippen LogP) is 2.15. The lowest BCUT2D eigenvalue weighted by Gasteiger charge is -2.13. The molecule has 0 saturated carbocycles. The second kappa shape index (κ2) is 9.38. The Kier molecular flexibility index (Phi) is 6.84. The summed E-state index contributed by atoms with van der Waals surface area (Å²) in [5, 5.41) is 26.7. The molecule has 0 aliphatic rings. The monoisotopic (exact) mass is 445 g/mol. The Morgan fingerprint density at radius 1 is 1.29 bits per heavy atom. The van der Waals surface area contributed by atoms with E-state index in [0.29, 0.717) is 37.4 Å². The summed E-state index contributed by atoms with van der Waals surface area (Å²) in [4.78, 5) is 27.1. The van der Waals surface area contributed by atoms with Crippen LogP contribution in [0.2, 0.25) is 0 Å². The fourth-order valence-corrected chi connectivity index (χ4v) is 3.66. The minimum atomic E-state index is -1.04. The van der Waals surface area contributed by atoms with Gasteiger partial charge in [0.15, 0.2) is 5.69 Å². The lowest BCUT2D eigenvalue weighted by molar-refractivity contribution is -0.121. The molecular formula is C20H27N7O3S. The van der Waals surface area contributed by atoms with Crippen LogP contribution >= 0.6 is 11.3 Å². The topological polar surface area (TPSA) is 128 Å². The van der Waals surface area contributed by atoms with Crippen molar-refractivity contribution in [1.82, 2.24) is 35.1 Å². The van der Waals surface area contributed by atoms with Gasteiger partial charge < -0.3 is 10.4 Å². The minimum Gasteiger partial charge on any atom is -0.476 e. The Bertz CT molecular complexity index is 1060. The Morgan fingerprint density at radius 3 is 2.71 bits per heavy atom. The molecule has 166 valence electrons. The van der Waals surface area contributed by atoms with Gasteiger partial charge in [0.2, 0.25) is 5.91 Å². The highest BCUT2D eigenvalue weighted by atomic mass is 32.1. The summed E-state index contributed by atoms with van der Waals surface area (Å²) < 4.78 is 3.43. The van der Waals surface area contributed by atoms with E-state index in [9.17, 15) is 9.59 Å². The summed E-state index contributed by atoms with van der Waals surface area (Å²) >= 11 is 1.27. The molecule has 0 radical (unpaired) electrons. The zero-order chi connectivity index (χ0) is 22.6. The summed E-state index contributed by atoms with van der Waals surface area (Å²) in [6.45, 7) is 7.14. The standard InChI is InChI=1S/C20H27N7O3S/c1-20(2,3)16-8-14(26(4)24-16)9-21-17(28)7-5-6-13-10-27(25-23-13)11-18-22-15(12-31-18)19(29)30/h8,10,12H,5-7,9,11H2,1-4H3,(H,21,28)(H,29,30). The van der Waals surface area contributed by atoms with E-state index in [-0.39, 0.29) is 17.0 Å². The average Bonchev–Trinajstić information content (AvgIpc) is 3.40. The van der Waals surface area contributed by atoms with Gasteiger partial charge in [0.05, 0.1) is 30.2 Å². The van der Waals surface area contributed by atoms with Crippen LogP contribution < -0.4 is 5.32 Å². The van der Waals surface area contributed by atoms with Crippen LogP contribution in [0.25, 0.3) is 0 Å². The highest BCUT2D eigenvalue weighted by molar-refractivity contribution is 7.09. The van der Waals surface area contributed by atoms with Crippen LogP contribution in [0.4, 0.5) is 0 Å². The SMILES string of the molecule is Cn1nc(C(C)(C)C)cc1CNC(=O)CCCc1cn(Cc2nc(C(=O)O)cs2)nn1. The highest BCUT2D eigenvalue weighted by Gasteiger charge is 2.19. The number of rotatable bonds is 9. The van der Waals surface area contributed by atoms with Gasteiger partial charge in [-0.15, -0.1) is 16.4 Å². The van der Waals surface area contributed by atoms with Gasteiger partial charge >= 0.3 is 5.97 Å². The number of aromatic nitrogens is 6. The van der Waals surface area contributed by atoms with Crippen molar-refractivity contribution in [3.63, 3.8) is 0 Å². The first-order valence-electron chi connectivity index (χ1n) is 9.98. The van der Waals surface area contributed by atoms with Crippen LogP contribution in [0.3, 0.4) is 0 Å². The van der Waals surface area contributed by atoms with Gasteiger partial charge in [-0.1, -0.05) is 26.0 Å². The molecule has 3 aromatic heterocycles. The Morgan fingerprint density at radius 2 is 2.06 bits per heavy atom. The summed E-state index contributed by atoms with van der Waals surface area (Å²) in [6, 6.07) is 2.03. The average molecular weight is 446 g/mol. The molecule has 31 heavy (non-hydrogen) atoms. The molecule has 0 spiro atoms. The fourth-order valence-electron chi connectivity index (χ4n) is 2.90. The van der Waals surface area contributed by atoms with E-state index in [4.69, 9.17) is 5.11 Å². The molecule has 0 unspecified atom stereocenters. The number of hydrogen-bond donors (Lipinski definition) is 2. The maximum atomic E-state index is 12.2. The van der Waals surface area contributed by atoms with Crippen molar-refractivity contribution < 1.29 is 14.7 Å². The van der Waals surface area contributed by atoms with Crippen LogP contribution in [-0.2, 0) is 36.8 Å². The first-order valence-corrected chi connectivity index (χ1v) is 10.9. The van der Waals surface area contributed by atoms with Crippen molar-refractivity contribution in [2.24, 2.45) is 7.05 Å². The summed E-state index contributed by atoms with van der Waals surface area (Å²) in [6.07, 6.45) is 3.48. The summed E-state index contributed by atoms with van der Waals surface area (Å²) in [5.41, 5.74) is 2.75. The van der Waals surface area contributed by atoms with Crippen LogP contribution in [0.15, 0.2) is 17.6 Å². The van der Waals surface area contributed by atoms with E-state index in [0.717, 1.165) is 17.1 Å². The van der Waals surface area contributed by atoms with Crippen LogP contribution in [0, 0.1) is 0 Å². The van der Waals surface area contributed by atoms with Crippen molar-refractivity contribution in [2.45, 2.75) is 58.5 Å². The highest BCUT2D eigenvalue weighted by Crippen LogP contribution is 2.21. The summed E-state index contributed by atoms with van der Waals surface area (Å²) in [7, 11) is 1.88. The van der Waals surface area contributed by atoms with E-state index in [1.54, 1.807) is 15.6 Å². The molecular weight excluding hydrogens is 418 g/mol. The molecule has 0 atom stereocenters. The second-order valence-corrected chi connectivity index (χ2v) is 9.31. The smallest absolute Gasteiger partial charge is 0.355 e. The first kappa shape index (κ1) is 22.6. The molecule has 3 heterocycles. The van der Waals surface area contributed by atoms with E-state index >= 15 is 0 Å². The van der Waals surface area contributed by atoms with Gasteiger partial charge in [0.1, 0.15) is 5.01 Å². The van der Waals surface area contributed by atoms with Gasteiger partial charge in [0.25, 0.3) is 0 Å². The molecule has 0 aliphatic heterocycles. The molecule has 0 bridgehead atoms. The van der Waals surface area contributed by atoms with Crippen LogP contribution in [0.5, 0.6) is 0 Å². The van der Waals surface area contributed by atoms with Gasteiger partial charge in [-0.3, -0.25) is 9.48 Å². The van der Waals surface area contributed by atoms with Crippen molar-refractivity contribution in [2.75, 3.05) is 0 Å². The van der Waals surface area contributed by atoms with Gasteiger partial charge in [-0.05, 0) is 18.9 Å². The van der Waals surface area contributed by atoms with Gasteiger partial charge in [-0.2, -0.15) is 5.10 Å². The lowest BCUT2D eigenvalue weighted by Crippen LogP contribution is -2.23. The minimum absolute atomic E-state index is 0.0186. The number of aryl methyl sites for hydroxylation is 2. The normalized spacial score (nSPS) is 11.6. The molecule has 1 amide bonds. The third-order valence-corrected chi connectivity index (χ3v) is 5.54. The molecule has 3 aromatic rings. The lowest BCUT2D eigenvalue weighted by atomic mass is 9.92. The molecule has 3 rings (SSSR count). The Hall–Kier alpha value is -3.08. The van der Waals surface area contributed by atoms with Crippen molar-refractivity contribution >= 4 is 23.2 Å². The zero-order valence-corrected chi connectivity index (χ0v) is 18.9. The van der Waals surface area contributed by atoms with E-state index in [2.05, 4.69) is 46.5 Å². The van der Waals surface area contributed by atoms with E-state index in [1.807, 2.05) is 13.1 Å². The zero-order valence-electron chi connectivity index (χ0n) is 18.1. The second-order valence-electron chi connectivity index (χ2n) is 8.36. The molecule has 10 nitrogen and oxygen atoms in total. The maximum Gasteiger partial charge on any atom is 0.355 e. The number of carboxylic acid groups (broad SMARTS) is 1. The number of amides is 1. The first-order chi connectivity index (χ1) is 14.6. The van der Waals surface area contributed by atoms with Crippen LogP contribution in [-0.4, -0.2) is 46.7 Å². The Balaban J connectivity index is 1.42. The van der Waals surface area contributed by atoms with Crippen molar-refractivity contribution in [1.29, 1.82) is 0 Å². The van der Waals surface area contributed by atoms with E-state index in [1.165, 1.54) is 16.7 Å². The number of carboxylic acids is 1. The largest absolute Gasteiger partial charge is 0.476 e. The summed E-state index contributed by atoms with van der Waals surface area (Å²) in [5.74, 6) is -1.06. The number of hydrogen-bond acceptors (Lipinski definition) is 7. The van der Waals surface area contributed by atoms with Crippen molar-refractivity contribution in [3.05, 3.63) is 45.4 Å². The number of thiazole rings is 1. The molecule has 0 saturated heterocycles. The van der Waals surface area contributed by atoms with Crippen molar-refractivity contribution in [3.8, 4) is 0 Å². The van der Waals surface area contributed by atoms with Gasteiger partial charge in [-0.25, -0.2) is 14.5 Å². The number of nitrogens with zero attached hydrogens (tertiary/aromatic N) is 6. The number of carbonyl (C=O) groups is 2. The fraction of sp³-hybridized carbons (Fsp3) is 0.500. The molecule has 0 aliphatic carbocycles. The molecule has 0 aromatic carbocycles. The molecule has 2 N–H and O–H groups in total. The van der Waals surface area contributed by atoms with Gasteiger partial charge in [0, 0.05) is 30.5 Å². The quantitative estimate of drug-likeness (QED) is 0.516. The number of nitrogens with one attached hydrogen (secondary N) is 1.